The molecule has 0 radical (unpaired) electrons. The van der Waals surface area contributed by atoms with Gasteiger partial charge in [0.05, 0.1) is 19.1 Å². The fraction of sp³-hybridized carbons (Fsp3) is 0.364. The fourth-order valence-electron chi connectivity index (χ4n) is 3.38. The normalized spacial score (nSPS) is 14.0. The molecule has 0 fully saturated rings. The average molecular weight is 366 g/mol. The summed E-state index contributed by atoms with van der Waals surface area (Å²) < 4.78 is 5.45. The molecule has 0 saturated heterocycles. The molecule has 0 aliphatic carbocycles. The van der Waals surface area contributed by atoms with Gasteiger partial charge in [0.15, 0.2) is 0 Å². The van der Waals surface area contributed by atoms with E-state index in [9.17, 15) is 9.59 Å². The maximum atomic E-state index is 12.7. The van der Waals surface area contributed by atoms with Crippen molar-refractivity contribution >= 4 is 17.5 Å². The van der Waals surface area contributed by atoms with Crippen LogP contribution < -0.4 is 15.0 Å². The zero-order valence-corrected chi connectivity index (χ0v) is 16.1. The summed E-state index contributed by atoms with van der Waals surface area (Å²) in [6.07, 6.45) is 1.28. The molecule has 5 nitrogen and oxygen atoms in total. The first-order valence-corrected chi connectivity index (χ1v) is 9.50. The lowest BCUT2D eigenvalue weighted by Gasteiger charge is -2.17. The van der Waals surface area contributed by atoms with Crippen LogP contribution >= 0.6 is 0 Å². The van der Waals surface area contributed by atoms with Gasteiger partial charge in [-0.25, -0.2) is 0 Å². The molecule has 5 heteroatoms. The molecule has 1 aliphatic rings. The van der Waals surface area contributed by atoms with E-state index in [4.69, 9.17) is 4.74 Å². The molecular weight excluding hydrogens is 340 g/mol. The van der Waals surface area contributed by atoms with E-state index in [1.807, 2.05) is 50.2 Å². The van der Waals surface area contributed by atoms with Crippen LogP contribution in [-0.4, -0.2) is 25.0 Å². The van der Waals surface area contributed by atoms with Crippen molar-refractivity contribution in [3.8, 4) is 5.75 Å². The van der Waals surface area contributed by atoms with Gasteiger partial charge in [-0.1, -0.05) is 19.1 Å². The van der Waals surface area contributed by atoms with Crippen LogP contribution in [0.25, 0.3) is 0 Å². The fourth-order valence-corrected chi connectivity index (χ4v) is 3.38. The Hall–Kier alpha value is -2.82. The van der Waals surface area contributed by atoms with E-state index < -0.39 is 0 Å². The van der Waals surface area contributed by atoms with Crippen molar-refractivity contribution in [1.82, 2.24) is 5.32 Å². The Bertz CT molecular complexity index is 830. The van der Waals surface area contributed by atoms with Gasteiger partial charge in [-0.2, -0.15) is 0 Å². The van der Waals surface area contributed by atoms with Crippen molar-refractivity contribution in [2.45, 2.75) is 39.7 Å². The maximum Gasteiger partial charge on any atom is 0.251 e. The summed E-state index contributed by atoms with van der Waals surface area (Å²) in [5.41, 5.74) is 3.45. The second kappa shape index (κ2) is 8.25. The van der Waals surface area contributed by atoms with Gasteiger partial charge in [0.1, 0.15) is 5.75 Å². The summed E-state index contributed by atoms with van der Waals surface area (Å²) in [5, 5.41) is 3.02. The summed E-state index contributed by atoms with van der Waals surface area (Å²) in [4.78, 5) is 26.6. The van der Waals surface area contributed by atoms with Crippen molar-refractivity contribution < 1.29 is 14.3 Å². The van der Waals surface area contributed by atoms with Gasteiger partial charge in [0.25, 0.3) is 5.91 Å². The highest BCUT2D eigenvalue weighted by molar-refractivity contribution is 6.03. The van der Waals surface area contributed by atoms with Gasteiger partial charge >= 0.3 is 0 Å². The number of nitrogens with one attached hydrogen (secondary N) is 1. The lowest BCUT2D eigenvalue weighted by atomic mass is 10.1. The number of anilines is 1. The third-order valence-electron chi connectivity index (χ3n) is 4.76. The van der Waals surface area contributed by atoms with E-state index in [-0.39, 0.29) is 17.9 Å². The van der Waals surface area contributed by atoms with Crippen LogP contribution in [0.15, 0.2) is 42.5 Å². The molecule has 1 unspecified atom stereocenters. The van der Waals surface area contributed by atoms with E-state index in [1.54, 1.807) is 11.0 Å². The monoisotopic (exact) mass is 366 g/mol. The van der Waals surface area contributed by atoms with Crippen LogP contribution in [0, 0.1) is 0 Å². The third kappa shape index (κ3) is 4.13. The first-order chi connectivity index (χ1) is 13.0. The highest BCUT2D eigenvalue weighted by Gasteiger charge is 2.27. The number of rotatable bonds is 7. The predicted molar refractivity (Wildman–Crippen MR) is 106 cm³/mol. The lowest BCUT2D eigenvalue weighted by molar-refractivity contribution is -0.117. The molecule has 1 aliphatic heterocycles. The van der Waals surface area contributed by atoms with Gasteiger partial charge in [0, 0.05) is 17.8 Å². The topological polar surface area (TPSA) is 58.6 Å². The van der Waals surface area contributed by atoms with Crippen LogP contribution in [0.2, 0.25) is 0 Å². The number of hydrogen-bond acceptors (Lipinski definition) is 3. The van der Waals surface area contributed by atoms with Crippen molar-refractivity contribution in [1.29, 1.82) is 0 Å². The summed E-state index contributed by atoms with van der Waals surface area (Å²) in [5.74, 6) is 0.785. The number of ether oxygens (including phenoxy) is 1. The van der Waals surface area contributed by atoms with Crippen molar-refractivity contribution in [3.05, 3.63) is 59.2 Å². The highest BCUT2D eigenvalue weighted by atomic mass is 16.5. The SMILES string of the molecule is CCCN1C(=O)Cc2cc(C(=O)NC(C)c3ccc(OCC)cc3)ccc21. The van der Waals surface area contributed by atoms with E-state index in [0.29, 0.717) is 25.1 Å². The Morgan fingerprint density at radius 1 is 1.19 bits per heavy atom. The van der Waals surface area contributed by atoms with Gasteiger partial charge in [0.2, 0.25) is 5.91 Å². The number of carbonyl (C=O) groups excluding carboxylic acids is 2. The minimum Gasteiger partial charge on any atom is -0.494 e. The number of nitrogens with zero attached hydrogens (tertiary/aromatic N) is 1. The maximum absolute atomic E-state index is 12.7. The van der Waals surface area contributed by atoms with E-state index >= 15 is 0 Å². The smallest absolute Gasteiger partial charge is 0.251 e. The standard InChI is InChI=1S/C22H26N2O3/c1-4-12-24-20-11-8-17(13-18(20)14-21(24)25)22(26)23-15(3)16-6-9-19(10-7-16)27-5-2/h6-11,13,15H,4-5,12,14H2,1-3H3,(H,23,26). The molecule has 2 amide bonds. The van der Waals surface area contributed by atoms with E-state index in [2.05, 4.69) is 12.2 Å². The van der Waals surface area contributed by atoms with Gasteiger partial charge in [-0.3, -0.25) is 9.59 Å². The second-order valence-corrected chi connectivity index (χ2v) is 6.76. The van der Waals surface area contributed by atoms with Crippen LogP contribution in [0.4, 0.5) is 5.69 Å². The summed E-state index contributed by atoms with van der Waals surface area (Å²) in [7, 11) is 0. The predicted octanol–water partition coefficient (Wildman–Crippen LogP) is 3.88. The Morgan fingerprint density at radius 2 is 1.93 bits per heavy atom. The van der Waals surface area contributed by atoms with Gasteiger partial charge in [-0.05, 0) is 61.7 Å². The second-order valence-electron chi connectivity index (χ2n) is 6.76. The molecular formula is C22H26N2O3. The molecule has 2 aromatic rings. The van der Waals surface area contributed by atoms with Crippen molar-refractivity contribution in [3.63, 3.8) is 0 Å². The number of hydrogen-bond donors (Lipinski definition) is 1. The number of fused-ring (bicyclic) bond motifs is 1. The van der Waals surface area contributed by atoms with Crippen LogP contribution in [-0.2, 0) is 11.2 Å². The Balaban J connectivity index is 1.69. The summed E-state index contributed by atoms with van der Waals surface area (Å²) in [6.45, 7) is 7.29. The molecule has 1 heterocycles. The molecule has 0 bridgehead atoms. The quantitative estimate of drug-likeness (QED) is 0.809. The molecule has 142 valence electrons. The summed E-state index contributed by atoms with van der Waals surface area (Å²) >= 11 is 0. The Labute approximate surface area is 160 Å². The van der Waals surface area contributed by atoms with Crippen molar-refractivity contribution in [2.24, 2.45) is 0 Å². The third-order valence-corrected chi connectivity index (χ3v) is 4.76. The molecule has 27 heavy (non-hydrogen) atoms. The van der Waals surface area contributed by atoms with Crippen molar-refractivity contribution in [2.75, 3.05) is 18.1 Å². The molecule has 0 spiro atoms. The minimum atomic E-state index is -0.138. The zero-order valence-electron chi connectivity index (χ0n) is 16.1. The van der Waals surface area contributed by atoms with E-state index in [0.717, 1.165) is 29.0 Å². The molecule has 0 aromatic heterocycles. The molecule has 1 N–H and O–H groups in total. The average Bonchev–Trinajstić information content (AvgIpc) is 2.97. The first kappa shape index (κ1) is 19.0. The largest absolute Gasteiger partial charge is 0.494 e. The molecule has 3 rings (SSSR count). The first-order valence-electron chi connectivity index (χ1n) is 9.50. The number of carbonyl (C=O) groups is 2. The van der Waals surface area contributed by atoms with Gasteiger partial charge < -0.3 is 15.0 Å². The number of amides is 2. The molecule has 0 saturated carbocycles. The molecule has 2 aromatic carbocycles. The minimum absolute atomic E-state index is 0.104. The van der Waals surface area contributed by atoms with Crippen LogP contribution in [0.1, 0.15) is 54.7 Å². The van der Waals surface area contributed by atoms with Gasteiger partial charge in [-0.15, -0.1) is 0 Å². The Kier molecular flexibility index (Phi) is 5.79. The lowest BCUT2D eigenvalue weighted by Crippen LogP contribution is -2.27. The zero-order chi connectivity index (χ0) is 19.4. The highest BCUT2D eigenvalue weighted by Crippen LogP contribution is 2.30. The molecule has 1 atom stereocenters. The van der Waals surface area contributed by atoms with Crippen LogP contribution in [0.3, 0.4) is 0 Å². The van der Waals surface area contributed by atoms with Crippen LogP contribution in [0.5, 0.6) is 5.75 Å². The number of benzene rings is 2. The summed E-state index contributed by atoms with van der Waals surface area (Å²) in [6, 6.07) is 13.1. The van der Waals surface area contributed by atoms with E-state index in [1.165, 1.54) is 0 Å². The Morgan fingerprint density at radius 3 is 2.59 bits per heavy atom.